The summed E-state index contributed by atoms with van der Waals surface area (Å²) >= 11 is 6.58. The number of carbonyl (C=O) groups is 1. The molecule has 1 saturated carbocycles. The highest BCUT2D eigenvalue weighted by Gasteiger charge is 2.46. The number of aliphatic hydroxyl groups excluding tert-OH is 1. The fraction of sp³-hybridized carbons (Fsp3) is 0.222. The number of amides is 1. The number of rotatable bonds is 4. The van der Waals surface area contributed by atoms with E-state index in [0.29, 0.717) is 17.0 Å². The Hall–Kier alpha value is -3.88. The maximum absolute atomic E-state index is 13.7. The molecule has 1 aliphatic carbocycles. The number of fused-ring (bicyclic) bond motifs is 2. The molecular formula is C27H25ClN6O2. The Morgan fingerprint density at radius 3 is 2.72 bits per heavy atom. The molecule has 9 heteroatoms. The Balaban J connectivity index is 1.36. The van der Waals surface area contributed by atoms with Crippen LogP contribution in [0.3, 0.4) is 0 Å². The van der Waals surface area contributed by atoms with Crippen LogP contribution in [0.4, 0.5) is 0 Å². The van der Waals surface area contributed by atoms with Gasteiger partial charge in [0.2, 0.25) is 0 Å². The van der Waals surface area contributed by atoms with Gasteiger partial charge in [-0.25, -0.2) is 5.43 Å². The third-order valence-corrected chi connectivity index (χ3v) is 7.46. The minimum atomic E-state index is -0.651. The highest BCUT2D eigenvalue weighted by Crippen LogP contribution is 2.46. The Kier molecular flexibility index (Phi) is 5.43. The van der Waals surface area contributed by atoms with Gasteiger partial charge in [-0.1, -0.05) is 41.9 Å². The molecule has 0 radical (unpaired) electrons. The molecule has 182 valence electrons. The van der Waals surface area contributed by atoms with Gasteiger partial charge in [-0.05, 0) is 67.2 Å². The minimum Gasteiger partial charge on any atom is -0.506 e. The van der Waals surface area contributed by atoms with Crippen molar-refractivity contribution in [2.75, 3.05) is 0 Å². The maximum Gasteiger partial charge on any atom is 0.253 e. The smallest absolute Gasteiger partial charge is 0.253 e. The third-order valence-electron chi connectivity index (χ3n) is 7.15. The molecule has 2 unspecified atom stereocenters. The van der Waals surface area contributed by atoms with Crippen LogP contribution >= 0.6 is 11.6 Å². The second kappa shape index (κ2) is 8.65. The van der Waals surface area contributed by atoms with Crippen LogP contribution < -0.4 is 10.7 Å². The van der Waals surface area contributed by atoms with E-state index >= 15 is 0 Å². The van der Waals surface area contributed by atoms with Crippen LogP contribution in [0.25, 0.3) is 5.69 Å². The van der Waals surface area contributed by atoms with Crippen LogP contribution in [0.15, 0.2) is 96.1 Å². The average Bonchev–Trinajstić information content (AvgIpc) is 3.52. The summed E-state index contributed by atoms with van der Waals surface area (Å²) in [4.78, 5) is 13.7. The zero-order valence-electron chi connectivity index (χ0n) is 19.6. The third kappa shape index (κ3) is 3.79. The van der Waals surface area contributed by atoms with E-state index in [0.717, 1.165) is 40.9 Å². The second-order valence-corrected chi connectivity index (χ2v) is 9.89. The number of hydrogen-bond acceptors (Lipinski definition) is 6. The lowest BCUT2D eigenvalue weighted by Crippen LogP contribution is -2.51. The average molecular weight is 501 g/mol. The molecule has 3 heterocycles. The largest absolute Gasteiger partial charge is 0.506 e. The molecule has 0 spiro atoms. The van der Waals surface area contributed by atoms with Crippen molar-refractivity contribution in [3.63, 3.8) is 0 Å². The van der Waals surface area contributed by atoms with Gasteiger partial charge in [0.05, 0.1) is 27.9 Å². The van der Waals surface area contributed by atoms with E-state index in [1.54, 1.807) is 35.4 Å². The number of hydrogen-bond donors (Lipinski definition) is 3. The van der Waals surface area contributed by atoms with Gasteiger partial charge in [-0.3, -0.25) is 14.4 Å². The van der Waals surface area contributed by atoms with Crippen LogP contribution in [0.1, 0.15) is 42.1 Å². The number of aliphatic hydroxyl groups is 1. The van der Waals surface area contributed by atoms with Gasteiger partial charge < -0.3 is 10.4 Å². The first-order chi connectivity index (χ1) is 17.4. The topological polar surface area (TPSA) is 95.3 Å². The molecule has 2 aromatic carbocycles. The van der Waals surface area contributed by atoms with Gasteiger partial charge >= 0.3 is 0 Å². The summed E-state index contributed by atoms with van der Waals surface area (Å²) in [5, 5.41) is 24.0. The number of benzene rings is 2. The van der Waals surface area contributed by atoms with E-state index < -0.39 is 5.54 Å². The molecule has 8 nitrogen and oxygen atoms in total. The van der Waals surface area contributed by atoms with Crippen molar-refractivity contribution in [3.05, 3.63) is 112 Å². The van der Waals surface area contributed by atoms with Crippen molar-refractivity contribution in [1.82, 2.24) is 30.5 Å². The molecule has 1 amide bonds. The normalized spacial score (nSPS) is 23.1. The van der Waals surface area contributed by atoms with Gasteiger partial charge in [0.1, 0.15) is 18.4 Å². The summed E-state index contributed by atoms with van der Waals surface area (Å²) in [7, 11) is 0. The van der Waals surface area contributed by atoms with Gasteiger partial charge in [0.15, 0.2) is 0 Å². The van der Waals surface area contributed by atoms with E-state index in [1.807, 2.05) is 54.5 Å². The molecule has 6 rings (SSSR count). The van der Waals surface area contributed by atoms with Crippen LogP contribution in [0.5, 0.6) is 0 Å². The molecule has 3 aliphatic rings. The molecule has 1 fully saturated rings. The van der Waals surface area contributed by atoms with Gasteiger partial charge in [0.25, 0.3) is 5.91 Å². The standard InChI is InChI=1S/C27H25ClN6O2/c1-17-11-24(35)25-21-13-27(18-5-3-2-4-6-18,10-9-23(21)32-34(25)14-17)31-26(36)20-8-7-19(12-22(20)28)33-15-29-30-16-33/h2-8,11-12,14-16,23,32,35H,9-10,13H2,1H3,(H,31,36). The Morgan fingerprint density at radius 1 is 1.19 bits per heavy atom. The number of nitrogens with zero attached hydrogens (tertiary/aromatic N) is 4. The second-order valence-electron chi connectivity index (χ2n) is 9.48. The number of carbonyl (C=O) groups excluding carboxylic acids is 1. The Morgan fingerprint density at radius 2 is 1.97 bits per heavy atom. The first kappa shape index (κ1) is 22.6. The highest BCUT2D eigenvalue weighted by molar-refractivity contribution is 6.34. The minimum absolute atomic E-state index is 0.0955. The fourth-order valence-corrected chi connectivity index (χ4v) is 5.71. The zero-order chi connectivity index (χ0) is 24.9. The molecule has 0 bridgehead atoms. The molecule has 3 N–H and O–H groups in total. The fourth-order valence-electron chi connectivity index (χ4n) is 5.44. The first-order valence-corrected chi connectivity index (χ1v) is 12.2. The summed E-state index contributed by atoms with van der Waals surface area (Å²) in [6, 6.07) is 15.4. The van der Waals surface area contributed by atoms with Crippen molar-refractivity contribution in [2.45, 2.75) is 37.8 Å². The molecule has 2 atom stereocenters. The molecule has 36 heavy (non-hydrogen) atoms. The Bertz CT molecular complexity index is 1430. The quantitative estimate of drug-likeness (QED) is 0.487. The van der Waals surface area contributed by atoms with Crippen LogP contribution in [0, 0.1) is 0 Å². The molecule has 3 aromatic rings. The summed E-state index contributed by atoms with van der Waals surface area (Å²) in [5.74, 6) is -0.00650. The Labute approximate surface area is 213 Å². The summed E-state index contributed by atoms with van der Waals surface area (Å²) in [6.45, 7) is 1.95. The van der Waals surface area contributed by atoms with Crippen LogP contribution in [-0.4, -0.2) is 36.8 Å². The van der Waals surface area contributed by atoms with Gasteiger partial charge in [0, 0.05) is 11.9 Å². The number of hydrazine groups is 1. The lowest BCUT2D eigenvalue weighted by atomic mass is 9.72. The van der Waals surface area contributed by atoms with Gasteiger partial charge in [-0.15, -0.1) is 10.2 Å². The first-order valence-electron chi connectivity index (χ1n) is 11.8. The van der Waals surface area contributed by atoms with E-state index in [4.69, 9.17) is 11.6 Å². The summed E-state index contributed by atoms with van der Waals surface area (Å²) < 4.78 is 1.73. The maximum atomic E-state index is 13.7. The number of nitrogens with one attached hydrogen (secondary N) is 2. The van der Waals surface area contributed by atoms with Crippen molar-refractivity contribution in [1.29, 1.82) is 0 Å². The van der Waals surface area contributed by atoms with Crippen LogP contribution in [0.2, 0.25) is 5.02 Å². The zero-order valence-corrected chi connectivity index (χ0v) is 20.4. The predicted octanol–water partition coefficient (Wildman–Crippen LogP) is 4.53. The molecule has 2 aliphatic heterocycles. The van der Waals surface area contributed by atoms with E-state index in [1.165, 1.54) is 0 Å². The number of aromatic nitrogens is 3. The number of halogens is 1. The lowest BCUT2D eigenvalue weighted by Gasteiger charge is -2.41. The van der Waals surface area contributed by atoms with Crippen molar-refractivity contribution < 1.29 is 9.90 Å². The SMILES string of the molecule is CC1=CN2NC3CCC(NC(=O)c4ccc(-n5cnnc5)cc4Cl)(c4ccccc4)CC3=C2C(O)=C1. The summed E-state index contributed by atoms with van der Waals surface area (Å²) in [6.07, 6.45) is 9.01. The van der Waals surface area contributed by atoms with Gasteiger partial charge in [-0.2, -0.15) is 0 Å². The predicted molar refractivity (Wildman–Crippen MR) is 136 cm³/mol. The molecular weight excluding hydrogens is 476 g/mol. The lowest BCUT2D eigenvalue weighted by molar-refractivity contribution is 0.0875. The molecule has 0 saturated heterocycles. The number of allylic oxidation sites excluding steroid dienone is 2. The summed E-state index contributed by atoms with van der Waals surface area (Å²) in [5.41, 5.74) is 7.85. The van der Waals surface area contributed by atoms with Crippen molar-refractivity contribution >= 4 is 17.5 Å². The van der Waals surface area contributed by atoms with Crippen molar-refractivity contribution in [2.24, 2.45) is 0 Å². The van der Waals surface area contributed by atoms with Crippen LogP contribution in [-0.2, 0) is 5.54 Å². The van der Waals surface area contributed by atoms with Crippen molar-refractivity contribution in [3.8, 4) is 5.69 Å². The monoisotopic (exact) mass is 500 g/mol. The molecule has 1 aromatic heterocycles. The highest BCUT2D eigenvalue weighted by atomic mass is 35.5. The van der Waals surface area contributed by atoms with E-state index in [9.17, 15) is 9.90 Å². The van der Waals surface area contributed by atoms with E-state index in [-0.39, 0.29) is 17.7 Å². The van der Waals surface area contributed by atoms with E-state index in [2.05, 4.69) is 20.9 Å².